The van der Waals surface area contributed by atoms with Crippen molar-refractivity contribution < 1.29 is 9.90 Å². The van der Waals surface area contributed by atoms with Crippen LogP contribution >= 0.6 is 0 Å². The van der Waals surface area contributed by atoms with Gasteiger partial charge in [-0.1, -0.05) is 42.5 Å². The van der Waals surface area contributed by atoms with E-state index in [0.717, 1.165) is 43.6 Å². The summed E-state index contributed by atoms with van der Waals surface area (Å²) < 4.78 is 0. The predicted molar refractivity (Wildman–Crippen MR) is 102 cm³/mol. The van der Waals surface area contributed by atoms with Gasteiger partial charge in [0, 0.05) is 6.54 Å². The molecule has 4 nitrogen and oxygen atoms in total. The molecule has 1 aliphatic heterocycles. The van der Waals surface area contributed by atoms with Crippen molar-refractivity contribution in [2.75, 3.05) is 19.6 Å². The number of phenols is 1. The number of rotatable bonds is 6. The van der Waals surface area contributed by atoms with E-state index < -0.39 is 5.41 Å². The predicted octanol–water partition coefficient (Wildman–Crippen LogP) is 3.38. The molecule has 2 aliphatic rings. The summed E-state index contributed by atoms with van der Waals surface area (Å²) in [5.74, 6) is 0.300. The van der Waals surface area contributed by atoms with Crippen LogP contribution in [0.3, 0.4) is 0 Å². The lowest BCUT2D eigenvalue weighted by Gasteiger charge is -2.27. The number of amides is 1. The highest BCUT2D eigenvalue weighted by molar-refractivity contribution is 5.91. The van der Waals surface area contributed by atoms with E-state index in [0.29, 0.717) is 0 Å². The van der Waals surface area contributed by atoms with Crippen molar-refractivity contribution in [2.45, 2.75) is 37.1 Å². The minimum absolute atomic E-state index is 0.00316. The first-order valence-corrected chi connectivity index (χ1v) is 9.55. The van der Waals surface area contributed by atoms with Gasteiger partial charge in [-0.3, -0.25) is 4.79 Å². The maximum Gasteiger partial charge on any atom is 0.231 e. The van der Waals surface area contributed by atoms with Crippen LogP contribution in [-0.4, -0.2) is 35.5 Å². The van der Waals surface area contributed by atoms with Crippen LogP contribution in [0.25, 0.3) is 0 Å². The molecule has 1 aliphatic carbocycles. The third-order valence-electron chi connectivity index (χ3n) is 5.73. The summed E-state index contributed by atoms with van der Waals surface area (Å²) in [5, 5.41) is 13.1. The zero-order valence-corrected chi connectivity index (χ0v) is 15.0. The zero-order chi connectivity index (χ0) is 18.0. The van der Waals surface area contributed by atoms with Gasteiger partial charge in [-0.2, -0.15) is 0 Å². The Kier molecular flexibility index (Phi) is 4.68. The lowest BCUT2D eigenvalue weighted by atomic mass is 9.93. The molecule has 0 aromatic heterocycles. The Balaban J connectivity index is 1.54. The molecule has 1 atom stereocenters. The van der Waals surface area contributed by atoms with Gasteiger partial charge in [0.25, 0.3) is 0 Å². The Labute approximate surface area is 154 Å². The monoisotopic (exact) mass is 350 g/mol. The normalized spacial score (nSPS) is 19.8. The number of hydrogen-bond acceptors (Lipinski definition) is 3. The van der Waals surface area contributed by atoms with Crippen molar-refractivity contribution >= 4 is 5.91 Å². The van der Waals surface area contributed by atoms with E-state index in [1.807, 2.05) is 30.3 Å². The van der Waals surface area contributed by atoms with Crippen molar-refractivity contribution in [3.05, 3.63) is 65.7 Å². The van der Waals surface area contributed by atoms with Gasteiger partial charge in [0.2, 0.25) is 5.91 Å². The number of likely N-dealkylation sites (tertiary alicyclic amines) is 1. The summed E-state index contributed by atoms with van der Waals surface area (Å²) in [4.78, 5) is 15.6. The van der Waals surface area contributed by atoms with Crippen molar-refractivity contribution in [1.29, 1.82) is 0 Å². The Morgan fingerprint density at radius 2 is 1.81 bits per heavy atom. The van der Waals surface area contributed by atoms with Gasteiger partial charge in [-0.05, 0) is 62.0 Å². The standard InChI is InChI=1S/C22H26N2O2/c25-19-10-6-9-18(15-19)22(11-12-22)21(26)23-20(16-24-13-4-5-14-24)17-7-2-1-3-8-17/h1-3,6-10,15,20,25H,4-5,11-14,16H2,(H,23,26). The molecular formula is C22H26N2O2. The van der Waals surface area contributed by atoms with Gasteiger partial charge in [-0.15, -0.1) is 0 Å². The van der Waals surface area contributed by atoms with Crippen molar-refractivity contribution in [3.63, 3.8) is 0 Å². The highest BCUT2D eigenvalue weighted by Crippen LogP contribution is 2.49. The molecule has 0 spiro atoms. The van der Waals surface area contributed by atoms with Crippen molar-refractivity contribution in [2.24, 2.45) is 0 Å². The number of nitrogens with zero attached hydrogens (tertiary/aromatic N) is 1. The fourth-order valence-corrected chi connectivity index (χ4v) is 4.01. The second kappa shape index (κ2) is 7.12. The topological polar surface area (TPSA) is 52.6 Å². The number of nitrogens with one attached hydrogen (secondary N) is 1. The van der Waals surface area contributed by atoms with Crippen molar-refractivity contribution in [3.8, 4) is 5.75 Å². The summed E-state index contributed by atoms with van der Waals surface area (Å²) in [5.41, 5.74) is 1.60. The Morgan fingerprint density at radius 3 is 2.46 bits per heavy atom. The minimum atomic E-state index is -0.475. The number of carbonyl (C=O) groups is 1. The third-order valence-corrected chi connectivity index (χ3v) is 5.73. The molecule has 4 rings (SSSR count). The average molecular weight is 350 g/mol. The third kappa shape index (κ3) is 3.47. The van der Waals surface area contributed by atoms with E-state index in [4.69, 9.17) is 0 Å². The quantitative estimate of drug-likeness (QED) is 0.840. The van der Waals surface area contributed by atoms with E-state index in [1.165, 1.54) is 12.8 Å². The minimum Gasteiger partial charge on any atom is -0.508 e. The molecule has 1 unspecified atom stereocenters. The lowest BCUT2D eigenvalue weighted by molar-refractivity contribution is -0.124. The molecular weight excluding hydrogens is 324 g/mol. The highest BCUT2D eigenvalue weighted by Gasteiger charge is 2.51. The molecule has 0 bridgehead atoms. The van der Waals surface area contributed by atoms with Gasteiger partial charge in [0.1, 0.15) is 5.75 Å². The molecule has 2 N–H and O–H groups in total. The van der Waals surface area contributed by atoms with Crippen LogP contribution in [-0.2, 0) is 10.2 Å². The van der Waals surface area contributed by atoms with Crippen LogP contribution < -0.4 is 5.32 Å². The summed E-state index contributed by atoms with van der Waals surface area (Å²) >= 11 is 0. The largest absolute Gasteiger partial charge is 0.508 e. The van der Waals surface area contributed by atoms with E-state index in [1.54, 1.807) is 12.1 Å². The molecule has 2 fully saturated rings. The fourth-order valence-electron chi connectivity index (χ4n) is 4.01. The first-order chi connectivity index (χ1) is 12.7. The smallest absolute Gasteiger partial charge is 0.231 e. The summed E-state index contributed by atoms with van der Waals surface area (Å²) in [6.07, 6.45) is 4.16. The maximum absolute atomic E-state index is 13.2. The molecule has 2 aromatic rings. The van der Waals surface area contributed by atoms with E-state index in [9.17, 15) is 9.90 Å². The molecule has 0 radical (unpaired) electrons. The second-order valence-corrected chi connectivity index (χ2v) is 7.58. The molecule has 2 aromatic carbocycles. The van der Waals surface area contributed by atoms with E-state index >= 15 is 0 Å². The number of hydrogen-bond donors (Lipinski definition) is 2. The number of carbonyl (C=O) groups excluding carboxylic acids is 1. The van der Waals surface area contributed by atoms with Crippen LogP contribution in [0, 0.1) is 0 Å². The molecule has 26 heavy (non-hydrogen) atoms. The van der Waals surface area contributed by atoms with Gasteiger partial charge in [0.05, 0.1) is 11.5 Å². The fraction of sp³-hybridized carbons (Fsp3) is 0.409. The van der Waals surface area contributed by atoms with Crippen LogP contribution in [0.5, 0.6) is 5.75 Å². The lowest BCUT2D eigenvalue weighted by Crippen LogP contribution is -2.41. The Hall–Kier alpha value is -2.33. The molecule has 4 heteroatoms. The molecule has 136 valence electrons. The second-order valence-electron chi connectivity index (χ2n) is 7.58. The number of phenolic OH excluding ortho intramolecular Hbond substituents is 1. The van der Waals surface area contributed by atoms with Gasteiger partial charge >= 0.3 is 0 Å². The van der Waals surface area contributed by atoms with E-state index in [-0.39, 0.29) is 17.7 Å². The average Bonchev–Trinajstić information content (AvgIpc) is 3.33. The Morgan fingerprint density at radius 1 is 1.08 bits per heavy atom. The van der Waals surface area contributed by atoms with Crippen molar-refractivity contribution in [1.82, 2.24) is 10.2 Å². The van der Waals surface area contributed by atoms with Gasteiger partial charge in [-0.25, -0.2) is 0 Å². The molecule has 1 heterocycles. The maximum atomic E-state index is 13.2. The molecule has 1 saturated carbocycles. The first-order valence-electron chi connectivity index (χ1n) is 9.55. The van der Waals surface area contributed by atoms with Crippen LogP contribution in [0.4, 0.5) is 0 Å². The van der Waals surface area contributed by atoms with Crippen LogP contribution in [0.15, 0.2) is 54.6 Å². The Bertz CT molecular complexity index is 765. The van der Waals surface area contributed by atoms with E-state index in [2.05, 4.69) is 22.3 Å². The first kappa shape index (κ1) is 17.1. The summed E-state index contributed by atoms with van der Waals surface area (Å²) in [7, 11) is 0. The van der Waals surface area contributed by atoms with Crippen LogP contribution in [0.1, 0.15) is 42.9 Å². The number of benzene rings is 2. The SMILES string of the molecule is O=C(NC(CN1CCCC1)c1ccccc1)C1(c2cccc(O)c2)CC1. The molecule has 1 amide bonds. The van der Waals surface area contributed by atoms with Gasteiger partial charge < -0.3 is 15.3 Å². The summed E-state index contributed by atoms with van der Waals surface area (Å²) in [6, 6.07) is 17.4. The number of aromatic hydroxyl groups is 1. The van der Waals surface area contributed by atoms with Gasteiger partial charge in [0.15, 0.2) is 0 Å². The highest BCUT2D eigenvalue weighted by atomic mass is 16.3. The zero-order valence-electron chi connectivity index (χ0n) is 15.0. The van der Waals surface area contributed by atoms with Crippen LogP contribution in [0.2, 0.25) is 0 Å². The summed E-state index contributed by atoms with van der Waals surface area (Å²) in [6.45, 7) is 3.07. The molecule has 1 saturated heterocycles.